The third-order valence-corrected chi connectivity index (χ3v) is 4.11. The summed E-state index contributed by atoms with van der Waals surface area (Å²) in [5, 5.41) is 3.40. The molecule has 0 radical (unpaired) electrons. The van der Waals surface area contributed by atoms with Crippen molar-refractivity contribution in [1.29, 1.82) is 0 Å². The van der Waals surface area contributed by atoms with Gasteiger partial charge in [0.15, 0.2) is 11.6 Å². The zero-order valence-electron chi connectivity index (χ0n) is 11.7. The Morgan fingerprint density at radius 3 is 2.60 bits per heavy atom. The van der Waals surface area contributed by atoms with Crippen LogP contribution in [0.3, 0.4) is 0 Å². The molecule has 0 aliphatic heterocycles. The Balaban J connectivity index is 2.19. The van der Waals surface area contributed by atoms with Crippen LogP contribution in [0.15, 0.2) is 40.9 Å². The number of halogens is 2. The lowest BCUT2D eigenvalue weighted by Gasteiger charge is -2.17. The molecule has 1 unspecified atom stereocenters. The maximum absolute atomic E-state index is 13.4. The van der Waals surface area contributed by atoms with Crippen molar-refractivity contribution in [2.24, 2.45) is 0 Å². The predicted molar refractivity (Wildman–Crippen MR) is 83.9 cm³/mol. The highest BCUT2D eigenvalue weighted by molar-refractivity contribution is 9.10. The summed E-state index contributed by atoms with van der Waals surface area (Å²) in [6.07, 6.45) is 0. The number of hydrogen-bond donors (Lipinski definition) is 1. The molecule has 1 N–H and O–H groups in total. The number of anilines is 1. The van der Waals surface area contributed by atoms with E-state index in [1.165, 1.54) is 18.7 Å². The minimum Gasteiger partial charge on any atom is -0.494 e. The van der Waals surface area contributed by atoms with E-state index in [1.54, 1.807) is 12.1 Å². The molecule has 0 aliphatic rings. The Morgan fingerprint density at radius 2 is 1.95 bits per heavy atom. The molecule has 2 aromatic carbocycles. The predicted octanol–water partition coefficient (Wildman–Crippen LogP) is 5.08. The maximum Gasteiger partial charge on any atom is 0.165 e. The largest absolute Gasteiger partial charge is 0.494 e. The third-order valence-electron chi connectivity index (χ3n) is 3.22. The summed E-state index contributed by atoms with van der Waals surface area (Å²) in [5.41, 5.74) is 3.17. The van der Waals surface area contributed by atoms with Crippen molar-refractivity contribution < 1.29 is 9.13 Å². The first-order valence-corrected chi connectivity index (χ1v) is 7.16. The average Bonchev–Trinajstić information content (AvgIpc) is 2.43. The Kier molecular flexibility index (Phi) is 4.65. The van der Waals surface area contributed by atoms with E-state index in [4.69, 9.17) is 4.74 Å². The van der Waals surface area contributed by atoms with E-state index in [0.717, 1.165) is 15.7 Å². The third kappa shape index (κ3) is 3.31. The molecule has 4 heteroatoms. The highest BCUT2D eigenvalue weighted by Crippen LogP contribution is 2.26. The van der Waals surface area contributed by atoms with Gasteiger partial charge < -0.3 is 10.1 Å². The van der Waals surface area contributed by atoms with Gasteiger partial charge in [0.05, 0.1) is 7.11 Å². The molecule has 106 valence electrons. The number of methoxy groups -OCH3 is 1. The number of ether oxygens (including phenoxy) is 1. The van der Waals surface area contributed by atoms with Crippen LogP contribution in [0.25, 0.3) is 0 Å². The normalized spacial score (nSPS) is 12.1. The average molecular weight is 338 g/mol. The van der Waals surface area contributed by atoms with Crippen LogP contribution in [-0.4, -0.2) is 7.11 Å². The standard InChI is InChI=1S/C16H17BrFNO/c1-10-8-13(5-6-14(10)17)19-11(2)12-4-7-15(18)16(9-12)20-3/h4-9,11,19H,1-3H3. The van der Waals surface area contributed by atoms with Crippen molar-refractivity contribution in [1.82, 2.24) is 0 Å². The van der Waals surface area contributed by atoms with Crippen molar-refractivity contribution in [3.63, 3.8) is 0 Å². The number of aryl methyl sites for hydroxylation is 1. The van der Waals surface area contributed by atoms with E-state index in [2.05, 4.69) is 27.3 Å². The van der Waals surface area contributed by atoms with Crippen LogP contribution < -0.4 is 10.1 Å². The van der Waals surface area contributed by atoms with Crippen LogP contribution in [-0.2, 0) is 0 Å². The van der Waals surface area contributed by atoms with Gasteiger partial charge in [-0.3, -0.25) is 0 Å². The SMILES string of the molecule is COc1cc(C(C)Nc2ccc(Br)c(C)c2)ccc1F. The van der Waals surface area contributed by atoms with Crippen LogP contribution in [0.1, 0.15) is 24.1 Å². The summed E-state index contributed by atoms with van der Waals surface area (Å²) in [4.78, 5) is 0. The molecule has 1 atom stereocenters. The number of hydrogen-bond acceptors (Lipinski definition) is 2. The lowest BCUT2D eigenvalue weighted by molar-refractivity contribution is 0.385. The van der Waals surface area contributed by atoms with Crippen molar-refractivity contribution in [3.05, 3.63) is 57.8 Å². The van der Waals surface area contributed by atoms with E-state index in [1.807, 2.05) is 26.0 Å². The van der Waals surface area contributed by atoms with Crippen LogP contribution in [0.4, 0.5) is 10.1 Å². The monoisotopic (exact) mass is 337 g/mol. The summed E-state index contributed by atoms with van der Waals surface area (Å²) < 4.78 is 19.5. The summed E-state index contributed by atoms with van der Waals surface area (Å²) in [6, 6.07) is 11.1. The number of benzene rings is 2. The van der Waals surface area contributed by atoms with Gasteiger partial charge >= 0.3 is 0 Å². The lowest BCUT2D eigenvalue weighted by Crippen LogP contribution is -2.07. The minimum atomic E-state index is -0.345. The van der Waals surface area contributed by atoms with Crippen LogP contribution in [0.2, 0.25) is 0 Å². The molecule has 2 aromatic rings. The van der Waals surface area contributed by atoms with Crippen molar-refractivity contribution >= 4 is 21.6 Å². The van der Waals surface area contributed by atoms with Gasteiger partial charge in [0.1, 0.15) is 0 Å². The number of rotatable bonds is 4. The fourth-order valence-electron chi connectivity index (χ4n) is 2.01. The van der Waals surface area contributed by atoms with Crippen LogP contribution in [0.5, 0.6) is 5.75 Å². The first kappa shape index (κ1) is 14.9. The van der Waals surface area contributed by atoms with Crippen molar-refractivity contribution in [3.8, 4) is 5.75 Å². The summed E-state index contributed by atoms with van der Waals surface area (Å²) in [5.74, 6) is -0.0777. The van der Waals surface area contributed by atoms with E-state index < -0.39 is 0 Å². The summed E-state index contributed by atoms with van der Waals surface area (Å²) in [6.45, 7) is 4.07. The van der Waals surface area contributed by atoms with Gasteiger partial charge in [0, 0.05) is 16.2 Å². The van der Waals surface area contributed by atoms with E-state index in [0.29, 0.717) is 0 Å². The van der Waals surface area contributed by atoms with Gasteiger partial charge in [-0.2, -0.15) is 0 Å². The van der Waals surface area contributed by atoms with Gasteiger partial charge in [0.25, 0.3) is 0 Å². The van der Waals surface area contributed by atoms with E-state index in [9.17, 15) is 4.39 Å². The van der Waals surface area contributed by atoms with Crippen LogP contribution >= 0.6 is 15.9 Å². The summed E-state index contributed by atoms with van der Waals surface area (Å²) >= 11 is 3.48. The van der Waals surface area contributed by atoms with Crippen LogP contribution in [0, 0.1) is 12.7 Å². The molecular formula is C16H17BrFNO. The fraction of sp³-hybridized carbons (Fsp3) is 0.250. The maximum atomic E-state index is 13.4. The second-order valence-electron chi connectivity index (χ2n) is 4.72. The quantitative estimate of drug-likeness (QED) is 0.840. The molecule has 2 rings (SSSR count). The summed E-state index contributed by atoms with van der Waals surface area (Å²) in [7, 11) is 1.47. The Morgan fingerprint density at radius 1 is 1.20 bits per heavy atom. The smallest absolute Gasteiger partial charge is 0.165 e. The van der Waals surface area contributed by atoms with Gasteiger partial charge in [0.2, 0.25) is 0 Å². The lowest BCUT2D eigenvalue weighted by atomic mass is 10.1. The van der Waals surface area contributed by atoms with Gasteiger partial charge in [-0.15, -0.1) is 0 Å². The van der Waals surface area contributed by atoms with Gasteiger partial charge in [-0.1, -0.05) is 22.0 Å². The first-order chi connectivity index (χ1) is 9.51. The van der Waals surface area contributed by atoms with E-state index in [-0.39, 0.29) is 17.6 Å². The molecule has 0 saturated heterocycles. The topological polar surface area (TPSA) is 21.3 Å². The molecular weight excluding hydrogens is 321 g/mol. The molecule has 0 spiro atoms. The molecule has 0 amide bonds. The molecule has 0 aliphatic carbocycles. The molecule has 0 saturated carbocycles. The van der Waals surface area contributed by atoms with E-state index >= 15 is 0 Å². The first-order valence-electron chi connectivity index (χ1n) is 6.37. The van der Waals surface area contributed by atoms with Gasteiger partial charge in [-0.05, 0) is 55.3 Å². The molecule has 0 bridgehead atoms. The number of nitrogens with one attached hydrogen (secondary N) is 1. The fourth-order valence-corrected chi connectivity index (χ4v) is 2.26. The second kappa shape index (κ2) is 6.27. The zero-order valence-corrected chi connectivity index (χ0v) is 13.3. The molecule has 2 nitrogen and oxygen atoms in total. The Labute approximate surface area is 127 Å². The van der Waals surface area contributed by atoms with Crippen molar-refractivity contribution in [2.45, 2.75) is 19.9 Å². The van der Waals surface area contributed by atoms with Gasteiger partial charge in [-0.25, -0.2) is 4.39 Å². The molecule has 0 heterocycles. The minimum absolute atomic E-state index is 0.0603. The molecule has 0 aromatic heterocycles. The second-order valence-corrected chi connectivity index (χ2v) is 5.58. The molecule has 20 heavy (non-hydrogen) atoms. The van der Waals surface area contributed by atoms with Crippen molar-refractivity contribution in [2.75, 3.05) is 12.4 Å². The highest BCUT2D eigenvalue weighted by atomic mass is 79.9. The Bertz CT molecular complexity index is 615. The Hall–Kier alpha value is -1.55. The highest BCUT2D eigenvalue weighted by Gasteiger charge is 2.10. The molecule has 0 fully saturated rings. The zero-order chi connectivity index (χ0) is 14.7.